The quantitative estimate of drug-likeness (QED) is 0.458. The van der Waals surface area contributed by atoms with E-state index < -0.39 is 6.10 Å². The first-order valence-electron chi connectivity index (χ1n) is 12.5. The maximum absolute atomic E-state index is 12.1. The Kier molecular flexibility index (Phi) is 7.39. The van der Waals surface area contributed by atoms with E-state index in [1.807, 2.05) is 66.7 Å². The second-order valence-electron chi connectivity index (χ2n) is 9.28. The van der Waals surface area contributed by atoms with E-state index in [1.54, 1.807) is 0 Å². The average Bonchev–Trinajstić information content (AvgIpc) is 3.41. The smallest absolute Gasteiger partial charge is 0.221 e. The molecule has 0 radical (unpaired) electrons. The summed E-state index contributed by atoms with van der Waals surface area (Å²) in [5, 5.41) is 14.8. The predicted molar refractivity (Wildman–Crippen MR) is 138 cm³/mol. The SMILES string of the molecule is CC(=O)Nc1cccc(Oc2ccccc2)c1[C@H](CN1CCCC1)[C@@H](O)c1ccc2c(c1)OCCO2. The van der Waals surface area contributed by atoms with Gasteiger partial charge in [0.25, 0.3) is 0 Å². The predicted octanol–water partition coefficient (Wildman–Crippen LogP) is 5.12. The van der Waals surface area contributed by atoms with Crippen LogP contribution in [-0.2, 0) is 4.79 Å². The van der Waals surface area contributed by atoms with Crippen molar-refractivity contribution in [3.05, 3.63) is 77.9 Å². The molecule has 7 heteroatoms. The second kappa shape index (κ2) is 11.0. The monoisotopic (exact) mass is 488 g/mol. The molecule has 0 aromatic heterocycles. The number of carbonyl (C=O) groups is 1. The van der Waals surface area contributed by atoms with Crippen LogP contribution in [0, 0.1) is 0 Å². The number of ether oxygens (including phenoxy) is 3. The van der Waals surface area contributed by atoms with Crippen molar-refractivity contribution in [1.82, 2.24) is 4.90 Å². The topological polar surface area (TPSA) is 80.3 Å². The van der Waals surface area contributed by atoms with Crippen LogP contribution in [0.15, 0.2) is 66.7 Å². The molecule has 2 heterocycles. The van der Waals surface area contributed by atoms with Crippen LogP contribution in [0.4, 0.5) is 5.69 Å². The van der Waals surface area contributed by atoms with Crippen molar-refractivity contribution in [2.24, 2.45) is 0 Å². The molecular weight excluding hydrogens is 456 g/mol. The Hall–Kier alpha value is -3.55. The highest BCUT2D eigenvalue weighted by molar-refractivity contribution is 5.90. The van der Waals surface area contributed by atoms with Gasteiger partial charge in [-0.1, -0.05) is 30.3 Å². The Morgan fingerprint density at radius 1 is 1.00 bits per heavy atom. The highest BCUT2D eigenvalue weighted by Crippen LogP contribution is 2.44. The fourth-order valence-corrected chi connectivity index (χ4v) is 5.00. The Morgan fingerprint density at radius 2 is 1.75 bits per heavy atom. The van der Waals surface area contributed by atoms with E-state index in [-0.39, 0.29) is 11.8 Å². The Labute approximate surface area is 211 Å². The number of hydrogen-bond acceptors (Lipinski definition) is 6. The van der Waals surface area contributed by atoms with Crippen molar-refractivity contribution in [3.8, 4) is 23.0 Å². The molecule has 0 spiro atoms. The van der Waals surface area contributed by atoms with Crippen molar-refractivity contribution in [1.29, 1.82) is 0 Å². The minimum Gasteiger partial charge on any atom is -0.486 e. The van der Waals surface area contributed by atoms with E-state index in [4.69, 9.17) is 14.2 Å². The summed E-state index contributed by atoms with van der Waals surface area (Å²) in [5.41, 5.74) is 2.13. The Balaban J connectivity index is 1.58. The van der Waals surface area contributed by atoms with Gasteiger partial charge in [-0.3, -0.25) is 4.79 Å². The van der Waals surface area contributed by atoms with Gasteiger partial charge in [-0.2, -0.15) is 0 Å². The van der Waals surface area contributed by atoms with E-state index in [2.05, 4.69) is 10.2 Å². The van der Waals surface area contributed by atoms with Crippen molar-refractivity contribution >= 4 is 11.6 Å². The first-order valence-corrected chi connectivity index (χ1v) is 12.5. The molecule has 36 heavy (non-hydrogen) atoms. The number of nitrogens with zero attached hydrogens (tertiary/aromatic N) is 1. The molecule has 1 fully saturated rings. The fraction of sp³-hybridized carbons (Fsp3) is 0.345. The molecule has 2 N–H and O–H groups in total. The highest BCUT2D eigenvalue weighted by Gasteiger charge is 2.32. The summed E-state index contributed by atoms with van der Waals surface area (Å²) in [6.07, 6.45) is 1.40. The fourth-order valence-electron chi connectivity index (χ4n) is 5.00. The molecule has 0 saturated carbocycles. The standard InChI is InChI=1S/C29H32N2O5/c1-20(32)30-24-10-7-11-26(36-22-8-3-2-4-9-22)28(24)23(19-31-14-5-6-15-31)29(33)21-12-13-25-27(18-21)35-17-16-34-25/h2-4,7-13,18,23,29,33H,5-6,14-17,19H2,1H3,(H,30,32)/t23-,29-/m0/s1. The lowest BCUT2D eigenvalue weighted by Crippen LogP contribution is -2.30. The maximum Gasteiger partial charge on any atom is 0.221 e. The molecule has 188 valence electrons. The number of amides is 1. The van der Waals surface area contributed by atoms with Gasteiger partial charge in [0.2, 0.25) is 5.91 Å². The average molecular weight is 489 g/mol. The molecular formula is C29H32N2O5. The first kappa shape index (κ1) is 24.2. The number of aliphatic hydroxyl groups excluding tert-OH is 1. The number of aliphatic hydroxyl groups is 1. The summed E-state index contributed by atoms with van der Waals surface area (Å²) in [6.45, 7) is 5.04. The van der Waals surface area contributed by atoms with Crippen LogP contribution in [-0.4, -0.2) is 48.8 Å². The lowest BCUT2D eigenvalue weighted by atomic mass is 9.86. The van der Waals surface area contributed by atoms with Gasteiger partial charge < -0.3 is 29.5 Å². The number of anilines is 1. The van der Waals surface area contributed by atoms with Gasteiger partial charge >= 0.3 is 0 Å². The Morgan fingerprint density at radius 3 is 2.50 bits per heavy atom. The summed E-state index contributed by atoms with van der Waals surface area (Å²) >= 11 is 0. The largest absolute Gasteiger partial charge is 0.486 e. The number of fused-ring (bicyclic) bond motifs is 1. The summed E-state index contributed by atoms with van der Waals surface area (Å²) in [4.78, 5) is 14.5. The molecule has 1 amide bonds. The van der Waals surface area contributed by atoms with Crippen LogP contribution >= 0.6 is 0 Å². The zero-order chi connectivity index (χ0) is 24.9. The summed E-state index contributed by atoms with van der Waals surface area (Å²) in [7, 11) is 0. The maximum atomic E-state index is 12.1. The van der Waals surface area contributed by atoms with Gasteiger partial charge in [0, 0.05) is 30.6 Å². The number of rotatable bonds is 8. The third-order valence-electron chi connectivity index (χ3n) is 6.66. The first-order chi connectivity index (χ1) is 17.6. The van der Waals surface area contributed by atoms with Gasteiger partial charge in [0.15, 0.2) is 11.5 Å². The number of benzene rings is 3. The van der Waals surface area contributed by atoms with E-state index in [0.717, 1.165) is 37.1 Å². The van der Waals surface area contributed by atoms with Crippen molar-refractivity contribution in [3.63, 3.8) is 0 Å². The molecule has 2 aliphatic rings. The van der Waals surface area contributed by atoms with E-state index in [0.29, 0.717) is 48.4 Å². The molecule has 1 saturated heterocycles. The van der Waals surface area contributed by atoms with Gasteiger partial charge in [-0.05, 0) is 67.9 Å². The van der Waals surface area contributed by atoms with Crippen LogP contribution in [0.5, 0.6) is 23.0 Å². The second-order valence-corrected chi connectivity index (χ2v) is 9.28. The number of hydrogen-bond donors (Lipinski definition) is 2. The molecule has 7 nitrogen and oxygen atoms in total. The van der Waals surface area contributed by atoms with Gasteiger partial charge in [0.1, 0.15) is 24.7 Å². The molecule has 2 atom stereocenters. The molecule has 3 aromatic rings. The molecule has 3 aromatic carbocycles. The van der Waals surface area contributed by atoms with Crippen LogP contribution in [0.2, 0.25) is 0 Å². The van der Waals surface area contributed by atoms with Crippen LogP contribution in [0.25, 0.3) is 0 Å². The number of carbonyl (C=O) groups excluding carboxylic acids is 1. The molecule has 5 rings (SSSR count). The van der Waals surface area contributed by atoms with Crippen molar-refractivity contribution in [2.45, 2.75) is 31.8 Å². The van der Waals surface area contributed by atoms with Crippen molar-refractivity contribution in [2.75, 3.05) is 38.2 Å². The summed E-state index contributed by atoms with van der Waals surface area (Å²) in [5.74, 6) is 2.06. The van der Waals surface area contributed by atoms with Gasteiger partial charge in [-0.25, -0.2) is 0 Å². The zero-order valence-corrected chi connectivity index (χ0v) is 20.5. The third-order valence-corrected chi connectivity index (χ3v) is 6.66. The molecule has 0 aliphatic carbocycles. The van der Waals surface area contributed by atoms with E-state index in [9.17, 15) is 9.90 Å². The normalized spacial score (nSPS) is 16.8. The number of nitrogens with one attached hydrogen (secondary N) is 1. The number of para-hydroxylation sites is 1. The minimum atomic E-state index is -0.866. The molecule has 2 aliphatic heterocycles. The van der Waals surface area contributed by atoms with Crippen LogP contribution < -0.4 is 19.5 Å². The highest BCUT2D eigenvalue weighted by atomic mass is 16.6. The summed E-state index contributed by atoms with van der Waals surface area (Å²) < 4.78 is 17.8. The minimum absolute atomic E-state index is 0.179. The van der Waals surface area contributed by atoms with E-state index >= 15 is 0 Å². The van der Waals surface area contributed by atoms with Crippen LogP contribution in [0.1, 0.15) is 42.9 Å². The van der Waals surface area contributed by atoms with Crippen molar-refractivity contribution < 1.29 is 24.1 Å². The van der Waals surface area contributed by atoms with Gasteiger partial charge in [0.05, 0.1) is 6.10 Å². The lowest BCUT2D eigenvalue weighted by Gasteiger charge is -2.31. The van der Waals surface area contributed by atoms with Gasteiger partial charge in [-0.15, -0.1) is 0 Å². The Bertz CT molecular complexity index is 1190. The number of likely N-dealkylation sites (tertiary alicyclic amines) is 1. The van der Waals surface area contributed by atoms with E-state index in [1.165, 1.54) is 6.92 Å². The van der Waals surface area contributed by atoms with Crippen LogP contribution in [0.3, 0.4) is 0 Å². The third kappa shape index (κ3) is 5.48. The molecule has 0 unspecified atom stereocenters. The summed E-state index contributed by atoms with van der Waals surface area (Å²) in [6, 6.07) is 20.7. The molecule has 0 bridgehead atoms. The zero-order valence-electron chi connectivity index (χ0n) is 20.5. The lowest BCUT2D eigenvalue weighted by molar-refractivity contribution is -0.114.